The van der Waals surface area contributed by atoms with Gasteiger partial charge in [0.2, 0.25) is 0 Å². The van der Waals surface area contributed by atoms with Crippen molar-refractivity contribution in [1.82, 2.24) is 9.78 Å². The molecule has 0 fully saturated rings. The summed E-state index contributed by atoms with van der Waals surface area (Å²) in [5.74, 6) is 0. The van der Waals surface area contributed by atoms with Crippen LogP contribution in [0.25, 0.3) is 22.7 Å². The van der Waals surface area contributed by atoms with Gasteiger partial charge >= 0.3 is 0 Å². The van der Waals surface area contributed by atoms with E-state index in [1.54, 1.807) is 6.26 Å². The van der Waals surface area contributed by atoms with Crippen LogP contribution in [0.15, 0.2) is 48.7 Å². The minimum atomic E-state index is 0.659. The molecule has 0 N–H and O–H groups in total. The van der Waals surface area contributed by atoms with Gasteiger partial charge in [0.15, 0.2) is 0 Å². The van der Waals surface area contributed by atoms with Crippen LogP contribution in [0.3, 0.4) is 0 Å². The number of aryl methyl sites for hydroxylation is 2. The summed E-state index contributed by atoms with van der Waals surface area (Å²) in [7, 11) is 0. The van der Waals surface area contributed by atoms with E-state index >= 15 is 0 Å². The Bertz CT molecular complexity index is 813. The van der Waals surface area contributed by atoms with E-state index < -0.39 is 0 Å². The molecular weight excluding hydrogens is 272 g/mol. The number of nitrogens with zero attached hydrogens (tertiary/aromatic N) is 2. The fourth-order valence-corrected chi connectivity index (χ4v) is 2.58. The Morgan fingerprint density at radius 3 is 2.59 bits per heavy atom. The van der Waals surface area contributed by atoms with Gasteiger partial charge in [-0.1, -0.05) is 29.8 Å². The molecule has 0 amide bonds. The van der Waals surface area contributed by atoms with Crippen LogP contribution in [-0.2, 0) is 4.74 Å². The van der Waals surface area contributed by atoms with Gasteiger partial charge in [-0.15, -0.1) is 0 Å². The first kappa shape index (κ1) is 14.4. The first-order valence-corrected chi connectivity index (χ1v) is 7.54. The lowest BCUT2D eigenvalue weighted by molar-refractivity contribution is 0.272. The van der Waals surface area contributed by atoms with Crippen molar-refractivity contribution in [3.8, 4) is 5.69 Å². The highest BCUT2D eigenvalue weighted by Gasteiger charge is 2.12. The summed E-state index contributed by atoms with van der Waals surface area (Å²) in [6.07, 6.45) is 3.74. The van der Waals surface area contributed by atoms with Crippen molar-refractivity contribution < 1.29 is 4.74 Å². The van der Waals surface area contributed by atoms with Crippen LogP contribution in [0.1, 0.15) is 23.7 Å². The molecule has 0 radical (unpaired) electrons. The predicted molar refractivity (Wildman–Crippen MR) is 91.2 cm³/mol. The van der Waals surface area contributed by atoms with Gasteiger partial charge in [-0.3, -0.25) is 0 Å². The molecule has 0 spiro atoms. The van der Waals surface area contributed by atoms with Crippen molar-refractivity contribution in [3.63, 3.8) is 0 Å². The molecule has 0 aliphatic rings. The summed E-state index contributed by atoms with van der Waals surface area (Å²) in [6, 6.07) is 14.6. The van der Waals surface area contributed by atoms with Crippen molar-refractivity contribution in [2.75, 3.05) is 6.61 Å². The van der Waals surface area contributed by atoms with E-state index in [4.69, 9.17) is 9.84 Å². The highest BCUT2D eigenvalue weighted by Crippen LogP contribution is 2.26. The summed E-state index contributed by atoms with van der Waals surface area (Å²) < 4.78 is 7.36. The molecule has 0 saturated carbocycles. The van der Waals surface area contributed by atoms with Gasteiger partial charge in [0.1, 0.15) is 0 Å². The average molecular weight is 292 g/mol. The van der Waals surface area contributed by atoms with Crippen molar-refractivity contribution in [1.29, 1.82) is 0 Å². The molecule has 1 aromatic heterocycles. The second-order valence-electron chi connectivity index (χ2n) is 5.36. The van der Waals surface area contributed by atoms with Crippen LogP contribution in [0.5, 0.6) is 0 Å². The van der Waals surface area contributed by atoms with Gasteiger partial charge in [-0.2, -0.15) is 5.10 Å². The van der Waals surface area contributed by atoms with Gasteiger partial charge in [0.25, 0.3) is 0 Å². The monoisotopic (exact) mass is 292 g/mol. The van der Waals surface area contributed by atoms with Gasteiger partial charge in [-0.05, 0) is 50.6 Å². The summed E-state index contributed by atoms with van der Waals surface area (Å²) in [6.45, 7) is 6.84. The largest absolute Gasteiger partial charge is 0.501 e. The normalized spacial score (nSPS) is 11.4. The number of rotatable bonds is 4. The smallest absolute Gasteiger partial charge is 0.0936 e. The molecule has 0 atom stereocenters. The molecule has 3 nitrogen and oxygen atoms in total. The van der Waals surface area contributed by atoms with Crippen LogP contribution in [0.4, 0.5) is 0 Å². The number of ether oxygens (including phenoxy) is 1. The summed E-state index contributed by atoms with van der Waals surface area (Å²) in [4.78, 5) is 0. The predicted octanol–water partition coefficient (Wildman–Crippen LogP) is 4.65. The Labute approximate surface area is 130 Å². The SMILES string of the molecule is CCO/C=C/c1c2c(C)cccc2nn1-c1ccc(C)cc1. The number of fused-ring (bicyclic) bond motifs is 1. The third kappa shape index (κ3) is 2.62. The van der Waals surface area contributed by atoms with Crippen LogP contribution < -0.4 is 0 Å². The molecule has 3 heteroatoms. The van der Waals surface area contributed by atoms with Gasteiger partial charge in [0.05, 0.1) is 29.8 Å². The highest BCUT2D eigenvalue weighted by atomic mass is 16.5. The zero-order valence-corrected chi connectivity index (χ0v) is 13.2. The molecule has 0 saturated heterocycles. The third-order valence-electron chi connectivity index (χ3n) is 3.71. The maximum Gasteiger partial charge on any atom is 0.0936 e. The molecule has 2 aromatic carbocycles. The Hall–Kier alpha value is -2.55. The second-order valence-corrected chi connectivity index (χ2v) is 5.36. The zero-order valence-electron chi connectivity index (χ0n) is 13.2. The second kappa shape index (κ2) is 6.06. The van der Waals surface area contributed by atoms with Crippen LogP contribution in [0, 0.1) is 13.8 Å². The number of aromatic nitrogens is 2. The lowest BCUT2D eigenvalue weighted by Crippen LogP contribution is -1.99. The first-order valence-electron chi connectivity index (χ1n) is 7.54. The van der Waals surface area contributed by atoms with Gasteiger partial charge < -0.3 is 4.74 Å². The van der Waals surface area contributed by atoms with Crippen LogP contribution >= 0.6 is 0 Å². The quantitative estimate of drug-likeness (QED) is 0.654. The van der Waals surface area contributed by atoms with E-state index in [1.807, 2.05) is 29.8 Å². The molecule has 0 aliphatic heterocycles. The van der Waals surface area contributed by atoms with Crippen molar-refractivity contribution in [2.45, 2.75) is 20.8 Å². The topological polar surface area (TPSA) is 27.1 Å². The molecule has 112 valence electrons. The Kier molecular flexibility index (Phi) is 3.96. The number of hydrogen-bond donors (Lipinski definition) is 0. The minimum absolute atomic E-state index is 0.659. The molecule has 1 heterocycles. The molecular formula is C19H20N2O. The highest BCUT2D eigenvalue weighted by molar-refractivity contribution is 5.90. The van der Waals surface area contributed by atoms with Crippen LogP contribution in [-0.4, -0.2) is 16.4 Å². The maximum atomic E-state index is 5.38. The fraction of sp³-hybridized carbons (Fsp3) is 0.211. The van der Waals surface area contributed by atoms with E-state index in [1.165, 1.54) is 16.5 Å². The molecule has 0 aliphatic carbocycles. The van der Waals surface area contributed by atoms with Gasteiger partial charge in [0, 0.05) is 5.39 Å². The maximum absolute atomic E-state index is 5.38. The first-order chi connectivity index (χ1) is 10.7. The Morgan fingerprint density at radius 1 is 1.09 bits per heavy atom. The van der Waals surface area contributed by atoms with E-state index in [2.05, 4.69) is 44.2 Å². The van der Waals surface area contributed by atoms with E-state index in [-0.39, 0.29) is 0 Å². The zero-order chi connectivity index (χ0) is 15.5. The molecule has 3 rings (SSSR count). The number of hydrogen-bond acceptors (Lipinski definition) is 2. The molecule has 22 heavy (non-hydrogen) atoms. The van der Waals surface area contributed by atoms with Crippen LogP contribution in [0.2, 0.25) is 0 Å². The average Bonchev–Trinajstić information content (AvgIpc) is 2.88. The summed E-state index contributed by atoms with van der Waals surface area (Å²) >= 11 is 0. The van der Waals surface area contributed by atoms with Gasteiger partial charge in [-0.25, -0.2) is 4.68 Å². The van der Waals surface area contributed by atoms with Crippen molar-refractivity contribution >= 4 is 17.0 Å². The van der Waals surface area contributed by atoms with E-state index in [0.717, 1.165) is 16.9 Å². The Balaban J connectivity index is 2.22. The third-order valence-corrected chi connectivity index (χ3v) is 3.71. The lowest BCUT2D eigenvalue weighted by atomic mass is 10.1. The minimum Gasteiger partial charge on any atom is -0.501 e. The molecule has 0 bridgehead atoms. The number of benzene rings is 2. The van der Waals surface area contributed by atoms with Crippen molar-refractivity contribution in [3.05, 3.63) is 65.5 Å². The fourth-order valence-electron chi connectivity index (χ4n) is 2.58. The standard InChI is InChI=1S/C19H20N2O/c1-4-22-13-12-18-19-15(3)6-5-7-17(19)20-21(18)16-10-8-14(2)9-11-16/h5-13H,4H2,1-3H3/b13-12+. The van der Waals surface area contributed by atoms with E-state index in [0.29, 0.717) is 6.61 Å². The lowest BCUT2D eigenvalue weighted by Gasteiger charge is -2.06. The van der Waals surface area contributed by atoms with E-state index in [9.17, 15) is 0 Å². The molecule has 3 aromatic rings. The summed E-state index contributed by atoms with van der Waals surface area (Å²) in [5, 5.41) is 5.93. The molecule has 0 unspecified atom stereocenters. The van der Waals surface area contributed by atoms with Crippen molar-refractivity contribution in [2.24, 2.45) is 0 Å². The summed E-state index contributed by atoms with van der Waals surface area (Å²) in [5.41, 5.74) is 5.55. The Morgan fingerprint density at radius 2 is 1.86 bits per heavy atom.